The SMILES string of the molecule is C[C@H](NC(=O)[C@@H]1C[C@@H](F)CN1C(=O)CNC(=O)c1ccc2cc(F)ccc2n1)c1ccc(OS(=O)(=O)C(F)(F)F)cc1/C=C/C1CC1. The molecule has 2 heterocycles. The van der Waals surface area contributed by atoms with Crippen LogP contribution in [0.3, 0.4) is 0 Å². The van der Waals surface area contributed by atoms with Crippen LogP contribution in [0.1, 0.15) is 53.8 Å². The molecule has 16 heteroatoms. The molecule has 5 rings (SSSR count). The van der Waals surface area contributed by atoms with Crippen molar-refractivity contribution in [3.05, 3.63) is 77.2 Å². The Kier molecular flexibility index (Phi) is 9.52. The van der Waals surface area contributed by atoms with Crippen molar-refractivity contribution in [1.29, 1.82) is 0 Å². The Hall–Kier alpha value is -4.60. The molecule has 0 radical (unpaired) electrons. The average molecular weight is 681 g/mol. The number of amides is 3. The molecule has 2 aliphatic rings. The lowest BCUT2D eigenvalue weighted by atomic mass is 9.99. The van der Waals surface area contributed by atoms with Crippen LogP contribution < -0.4 is 14.8 Å². The minimum Gasteiger partial charge on any atom is -0.376 e. The Balaban J connectivity index is 1.25. The molecule has 1 aliphatic carbocycles. The highest BCUT2D eigenvalue weighted by Gasteiger charge is 2.48. The summed E-state index contributed by atoms with van der Waals surface area (Å²) in [5.41, 5.74) is -4.62. The largest absolute Gasteiger partial charge is 0.534 e. The minimum absolute atomic E-state index is 0.0382. The number of alkyl halides is 4. The molecule has 0 bridgehead atoms. The van der Waals surface area contributed by atoms with Crippen LogP contribution >= 0.6 is 0 Å². The number of carbonyl (C=O) groups is 3. The molecule has 1 saturated carbocycles. The molecule has 1 aromatic heterocycles. The third kappa shape index (κ3) is 8.04. The number of pyridine rings is 1. The highest BCUT2D eigenvalue weighted by molar-refractivity contribution is 7.88. The van der Waals surface area contributed by atoms with Gasteiger partial charge in [-0.1, -0.05) is 24.3 Å². The summed E-state index contributed by atoms with van der Waals surface area (Å²) < 4.78 is 93.8. The second-order valence-corrected chi connectivity index (χ2v) is 12.8. The molecule has 47 heavy (non-hydrogen) atoms. The standard InChI is InChI=1S/C31H29F5N4O6S/c1-17(24-9-8-23(46-47(44,45)31(34,35)36)13-19(24)5-4-18-2-3-18)38-30(43)27-14-22(33)16-40(27)28(41)15-37-29(42)26-10-6-20-12-21(32)7-11-25(20)39-26/h4-13,17-18,22,27H,2-3,14-16H2,1H3,(H,37,42)(H,38,43)/b5-4+/t17-,22+,27-/m0/s1. The summed E-state index contributed by atoms with van der Waals surface area (Å²) in [6.07, 6.45) is 3.39. The van der Waals surface area contributed by atoms with E-state index in [0.717, 1.165) is 29.9 Å². The number of halogens is 5. The first-order valence-electron chi connectivity index (χ1n) is 14.5. The van der Waals surface area contributed by atoms with Gasteiger partial charge in [0.15, 0.2) is 0 Å². The van der Waals surface area contributed by atoms with Crippen molar-refractivity contribution in [2.45, 2.75) is 49.9 Å². The van der Waals surface area contributed by atoms with Gasteiger partial charge in [0.2, 0.25) is 11.8 Å². The molecular formula is C31H29F5N4O6S. The monoisotopic (exact) mass is 680 g/mol. The Morgan fingerprint density at radius 1 is 1.11 bits per heavy atom. The first-order valence-corrected chi connectivity index (χ1v) is 15.9. The number of benzene rings is 2. The van der Waals surface area contributed by atoms with Gasteiger partial charge in [-0.3, -0.25) is 14.4 Å². The predicted molar refractivity (Wildman–Crippen MR) is 159 cm³/mol. The van der Waals surface area contributed by atoms with Crippen LogP contribution in [0.4, 0.5) is 22.0 Å². The van der Waals surface area contributed by atoms with Gasteiger partial charge in [0, 0.05) is 11.8 Å². The smallest absolute Gasteiger partial charge is 0.376 e. The van der Waals surface area contributed by atoms with Gasteiger partial charge in [-0.2, -0.15) is 21.6 Å². The molecule has 10 nitrogen and oxygen atoms in total. The molecule has 3 aromatic rings. The second-order valence-electron chi connectivity index (χ2n) is 11.3. The summed E-state index contributed by atoms with van der Waals surface area (Å²) >= 11 is 0. The van der Waals surface area contributed by atoms with Crippen LogP contribution in [0.5, 0.6) is 5.75 Å². The van der Waals surface area contributed by atoms with Crippen molar-refractivity contribution in [1.82, 2.24) is 20.5 Å². The van der Waals surface area contributed by atoms with Crippen LogP contribution in [0.25, 0.3) is 17.0 Å². The minimum atomic E-state index is -5.91. The summed E-state index contributed by atoms with van der Waals surface area (Å²) in [5.74, 6) is -2.95. The van der Waals surface area contributed by atoms with Gasteiger partial charge in [0.25, 0.3) is 5.91 Å². The maximum absolute atomic E-state index is 14.5. The lowest BCUT2D eigenvalue weighted by Gasteiger charge is -2.26. The normalized spacial score (nSPS) is 19.1. The van der Waals surface area contributed by atoms with E-state index in [2.05, 4.69) is 19.8 Å². The Morgan fingerprint density at radius 2 is 1.85 bits per heavy atom. The van der Waals surface area contributed by atoms with E-state index in [1.165, 1.54) is 36.4 Å². The fraction of sp³-hybridized carbons (Fsp3) is 0.355. The van der Waals surface area contributed by atoms with E-state index in [0.29, 0.717) is 16.5 Å². The van der Waals surface area contributed by atoms with Gasteiger partial charge in [-0.05, 0) is 73.2 Å². The van der Waals surface area contributed by atoms with E-state index in [1.54, 1.807) is 13.0 Å². The van der Waals surface area contributed by atoms with Gasteiger partial charge < -0.3 is 19.7 Å². The summed E-state index contributed by atoms with van der Waals surface area (Å²) in [5, 5.41) is 5.57. The summed E-state index contributed by atoms with van der Waals surface area (Å²) in [6, 6.07) is 8.08. The molecule has 2 fully saturated rings. The maximum Gasteiger partial charge on any atom is 0.534 e. The third-order valence-corrected chi connectivity index (χ3v) is 8.68. The number of aromatic nitrogens is 1. The molecule has 250 valence electrons. The van der Waals surface area contributed by atoms with Crippen molar-refractivity contribution >= 4 is 44.8 Å². The zero-order chi connectivity index (χ0) is 34.1. The van der Waals surface area contributed by atoms with Crippen molar-refractivity contribution < 1.29 is 48.9 Å². The van der Waals surface area contributed by atoms with Crippen LogP contribution in [0.2, 0.25) is 0 Å². The summed E-state index contributed by atoms with van der Waals surface area (Å²) in [7, 11) is -5.91. The van der Waals surface area contributed by atoms with Gasteiger partial charge in [0.1, 0.15) is 29.5 Å². The van der Waals surface area contributed by atoms with Crippen LogP contribution in [0, 0.1) is 11.7 Å². The van der Waals surface area contributed by atoms with E-state index in [-0.39, 0.29) is 23.6 Å². The van der Waals surface area contributed by atoms with Crippen molar-refractivity contribution in [3.63, 3.8) is 0 Å². The quantitative estimate of drug-likeness (QED) is 0.182. The van der Waals surface area contributed by atoms with Crippen LogP contribution in [-0.4, -0.2) is 66.8 Å². The molecular weight excluding hydrogens is 651 g/mol. The molecule has 2 N–H and O–H groups in total. The Labute approximate surface area is 266 Å². The molecule has 3 atom stereocenters. The van der Waals surface area contributed by atoms with E-state index in [9.17, 15) is 44.8 Å². The Morgan fingerprint density at radius 3 is 2.55 bits per heavy atom. The van der Waals surface area contributed by atoms with Crippen molar-refractivity contribution in [2.24, 2.45) is 5.92 Å². The van der Waals surface area contributed by atoms with E-state index in [1.807, 2.05) is 6.08 Å². The fourth-order valence-corrected chi connectivity index (χ4v) is 5.56. The number of carbonyl (C=O) groups excluding carboxylic acids is 3. The number of fused-ring (bicyclic) bond motifs is 1. The van der Waals surface area contributed by atoms with E-state index >= 15 is 0 Å². The third-order valence-electron chi connectivity index (χ3n) is 7.70. The number of nitrogens with zero attached hydrogens (tertiary/aromatic N) is 2. The zero-order valence-corrected chi connectivity index (χ0v) is 25.6. The zero-order valence-electron chi connectivity index (χ0n) is 24.8. The molecule has 3 amide bonds. The number of hydrogen-bond donors (Lipinski definition) is 2. The average Bonchev–Trinajstić information content (AvgIpc) is 3.75. The summed E-state index contributed by atoms with van der Waals surface area (Å²) in [6.45, 7) is 0.608. The second kappa shape index (κ2) is 13.3. The molecule has 1 saturated heterocycles. The maximum atomic E-state index is 14.5. The molecule has 0 spiro atoms. The topological polar surface area (TPSA) is 135 Å². The molecule has 2 aromatic carbocycles. The predicted octanol–water partition coefficient (Wildman–Crippen LogP) is 4.57. The first kappa shape index (κ1) is 33.8. The fourth-order valence-electron chi connectivity index (χ4n) is 5.11. The van der Waals surface area contributed by atoms with E-state index < -0.39 is 76.3 Å². The molecule has 1 aliphatic heterocycles. The van der Waals surface area contributed by atoms with Gasteiger partial charge >= 0.3 is 15.6 Å². The lowest BCUT2D eigenvalue weighted by Crippen LogP contribution is -2.49. The van der Waals surface area contributed by atoms with Gasteiger partial charge in [-0.15, -0.1) is 0 Å². The number of nitrogens with one attached hydrogen (secondary N) is 2. The van der Waals surface area contributed by atoms with Gasteiger partial charge in [-0.25, -0.2) is 13.8 Å². The van der Waals surface area contributed by atoms with Crippen LogP contribution in [0.15, 0.2) is 54.6 Å². The molecule has 0 unspecified atom stereocenters. The number of likely N-dealkylation sites (tertiary alicyclic amines) is 1. The van der Waals surface area contributed by atoms with Crippen molar-refractivity contribution in [2.75, 3.05) is 13.1 Å². The number of rotatable bonds is 10. The van der Waals surface area contributed by atoms with Crippen LogP contribution in [-0.2, 0) is 19.7 Å². The van der Waals surface area contributed by atoms with Gasteiger partial charge in [0.05, 0.1) is 24.6 Å². The van der Waals surface area contributed by atoms with Crippen molar-refractivity contribution in [3.8, 4) is 5.75 Å². The highest BCUT2D eigenvalue weighted by Crippen LogP contribution is 2.34. The Bertz CT molecular complexity index is 1850. The lowest BCUT2D eigenvalue weighted by molar-refractivity contribution is -0.138. The highest BCUT2D eigenvalue weighted by atomic mass is 32.2. The first-order chi connectivity index (χ1) is 22.1. The number of allylic oxidation sites excluding steroid dienone is 1. The number of hydrogen-bond acceptors (Lipinski definition) is 7. The summed E-state index contributed by atoms with van der Waals surface area (Å²) in [4.78, 5) is 44.2. The van der Waals surface area contributed by atoms with E-state index in [4.69, 9.17) is 0 Å².